The molecule has 3 nitrogen and oxygen atoms in total. The second-order valence-electron chi connectivity index (χ2n) is 5.95. The zero-order chi connectivity index (χ0) is 18.0. The molecule has 0 aliphatic carbocycles. The molecule has 1 unspecified atom stereocenters. The molecule has 0 radical (unpaired) electrons. The summed E-state index contributed by atoms with van der Waals surface area (Å²) in [5.74, 6) is 0.145. The lowest BCUT2D eigenvalue weighted by atomic mass is 10.2. The topological polar surface area (TPSA) is 28.2 Å². The van der Waals surface area contributed by atoms with E-state index in [1.807, 2.05) is 4.90 Å². The quantitative estimate of drug-likeness (QED) is 0.742. The van der Waals surface area contributed by atoms with Gasteiger partial charge in [0.15, 0.2) is 0 Å². The number of rotatable bonds is 4. The smallest absolute Gasteiger partial charge is 0.355 e. The maximum atomic E-state index is 13.0. The molecule has 0 saturated carbocycles. The molecule has 1 aromatic carbocycles. The minimum atomic E-state index is -4.38. The van der Waals surface area contributed by atoms with Crippen LogP contribution in [0.15, 0.2) is 36.5 Å². The first kappa shape index (κ1) is 20.7. The molecule has 2 aromatic rings. The summed E-state index contributed by atoms with van der Waals surface area (Å²) < 4.78 is 50.8. The lowest BCUT2D eigenvalue weighted by Gasteiger charge is -2.19. The van der Waals surface area contributed by atoms with Gasteiger partial charge in [-0.25, -0.2) is 9.37 Å². The highest BCUT2D eigenvalue weighted by atomic mass is 35.5. The number of alkyl halides is 3. The lowest BCUT2D eigenvalue weighted by molar-refractivity contribution is -0.137. The fourth-order valence-electron chi connectivity index (χ4n) is 2.80. The predicted octanol–water partition coefficient (Wildman–Crippen LogP) is 4.68. The van der Waals surface area contributed by atoms with Crippen molar-refractivity contribution in [3.8, 4) is 0 Å². The van der Waals surface area contributed by atoms with Crippen molar-refractivity contribution in [2.24, 2.45) is 0 Å². The molecule has 1 aliphatic rings. The third-order valence-electron chi connectivity index (χ3n) is 4.18. The molecule has 9 heteroatoms. The number of nitrogens with zero attached hydrogens (tertiary/aromatic N) is 2. The Hall–Kier alpha value is -1.57. The van der Waals surface area contributed by atoms with Gasteiger partial charge in [0, 0.05) is 36.9 Å². The first-order valence-electron chi connectivity index (χ1n) is 7.78. The van der Waals surface area contributed by atoms with E-state index in [9.17, 15) is 17.6 Å². The Morgan fingerprint density at radius 3 is 2.62 bits per heavy atom. The number of hydrogen-bond donors (Lipinski definition) is 1. The Bertz CT molecular complexity index is 738. The van der Waals surface area contributed by atoms with Crippen LogP contribution in [0.1, 0.15) is 17.5 Å². The normalized spacial score (nSPS) is 17.3. The van der Waals surface area contributed by atoms with Crippen molar-refractivity contribution in [3.05, 3.63) is 58.5 Å². The fourth-order valence-corrected chi connectivity index (χ4v) is 3.03. The average molecular weight is 410 g/mol. The van der Waals surface area contributed by atoms with Crippen LogP contribution in [0, 0.1) is 5.82 Å². The van der Waals surface area contributed by atoms with Gasteiger partial charge < -0.3 is 10.2 Å². The maximum absolute atomic E-state index is 13.0. The molecule has 1 atom stereocenters. The number of aromatic nitrogens is 1. The molecule has 142 valence electrons. The van der Waals surface area contributed by atoms with Crippen LogP contribution in [0.4, 0.5) is 23.4 Å². The summed E-state index contributed by atoms with van der Waals surface area (Å²) in [5, 5.41) is 3.70. The molecular weight excluding hydrogens is 393 g/mol. The fraction of sp³-hybridized carbons (Fsp3) is 0.353. The molecule has 2 heterocycles. The van der Waals surface area contributed by atoms with Crippen molar-refractivity contribution in [1.82, 2.24) is 10.3 Å². The van der Waals surface area contributed by atoms with E-state index in [2.05, 4.69) is 10.3 Å². The van der Waals surface area contributed by atoms with E-state index in [0.717, 1.165) is 24.2 Å². The van der Waals surface area contributed by atoms with E-state index in [1.165, 1.54) is 18.2 Å². The highest BCUT2D eigenvalue weighted by Crippen LogP contribution is 2.30. The van der Waals surface area contributed by atoms with Crippen LogP contribution in [-0.4, -0.2) is 24.1 Å². The molecule has 1 saturated heterocycles. The van der Waals surface area contributed by atoms with Gasteiger partial charge in [-0.05, 0) is 36.2 Å². The van der Waals surface area contributed by atoms with Crippen molar-refractivity contribution in [3.63, 3.8) is 0 Å². The van der Waals surface area contributed by atoms with Gasteiger partial charge in [-0.3, -0.25) is 0 Å². The van der Waals surface area contributed by atoms with E-state index in [1.54, 1.807) is 6.07 Å². The van der Waals surface area contributed by atoms with Crippen molar-refractivity contribution < 1.29 is 17.6 Å². The van der Waals surface area contributed by atoms with Crippen molar-refractivity contribution in [1.29, 1.82) is 0 Å². The highest BCUT2D eigenvalue weighted by molar-refractivity contribution is 6.31. The third kappa shape index (κ3) is 4.99. The molecule has 0 spiro atoms. The standard InChI is InChI=1S/C17H16ClF4N3.ClH/c18-15-7-13(19)3-1-11(15)8-23-14-5-6-25(10-14)16-4-2-12(9-24-16)17(20,21)22;/h1-4,7,9,14,23H,5-6,8,10H2;1H. The molecule has 1 aromatic heterocycles. The van der Waals surface area contributed by atoms with Gasteiger partial charge in [0.25, 0.3) is 0 Å². The van der Waals surface area contributed by atoms with Crippen LogP contribution in [0.5, 0.6) is 0 Å². The Morgan fingerprint density at radius 1 is 1.23 bits per heavy atom. The van der Waals surface area contributed by atoms with Gasteiger partial charge >= 0.3 is 6.18 Å². The van der Waals surface area contributed by atoms with E-state index in [-0.39, 0.29) is 24.3 Å². The Morgan fingerprint density at radius 2 is 2.00 bits per heavy atom. The van der Waals surface area contributed by atoms with Gasteiger partial charge in [-0.2, -0.15) is 13.2 Å². The summed E-state index contributed by atoms with van der Waals surface area (Å²) in [6, 6.07) is 6.85. The number of anilines is 1. The largest absolute Gasteiger partial charge is 0.417 e. The van der Waals surface area contributed by atoms with Crippen molar-refractivity contribution >= 4 is 29.8 Å². The number of nitrogens with one attached hydrogen (secondary N) is 1. The minimum Gasteiger partial charge on any atom is -0.355 e. The van der Waals surface area contributed by atoms with Crippen LogP contribution in [0.3, 0.4) is 0 Å². The molecule has 0 amide bonds. The van der Waals surface area contributed by atoms with E-state index in [0.29, 0.717) is 30.5 Å². The number of benzene rings is 1. The molecule has 0 bridgehead atoms. The molecule has 1 aliphatic heterocycles. The second kappa shape index (κ2) is 8.41. The zero-order valence-electron chi connectivity index (χ0n) is 13.6. The van der Waals surface area contributed by atoms with E-state index < -0.39 is 11.7 Å². The van der Waals surface area contributed by atoms with Gasteiger partial charge in [0.1, 0.15) is 11.6 Å². The average Bonchev–Trinajstić information content (AvgIpc) is 3.02. The third-order valence-corrected chi connectivity index (χ3v) is 4.54. The Kier molecular flexibility index (Phi) is 6.71. The molecule has 1 fully saturated rings. The van der Waals surface area contributed by atoms with Crippen LogP contribution >= 0.6 is 24.0 Å². The van der Waals surface area contributed by atoms with Gasteiger partial charge in [0.2, 0.25) is 0 Å². The molecule has 3 rings (SSSR count). The summed E-state index contributed by atoms with van der Waals surface area (Å²) in [5.41, 5.74) is 0.0465. The summed E-state index contributed by atoms with van der Waals surface area (Å²) in [6.45, 7) is 1.84. The highest BCUT2D eigenvalue weighted by Gasteiger charge is 2.31. The van der Waals surface area contributed by atoms with Crippen LogP contribution in [0.25, 0.3) is 0 Å². The van der Waals surface area contributed by atoms with Crippen LogP contribution in [0.2, 0.25) is 5.02 Å². The van der Waals surface area contributed by atoms with Gasteiger partial charge in [-0.1, -0.05) is 17.7 Å². The van der Waals surface area contributed by atoms with Gasteiger partial charge in [-0.15, -0.1) is 12.4 Å². The number of halogens is 6. The Labute approximate surface area is 159 Å². The zero-order valence-corrected chi connectivity index (χ0v) is 15.1. The van der Waals surface area contributed by atoms with Crippen molar-refractivity contribution in [2.75, 3.05) is 18.0 Å². The van der Waals surface area contributed by atoms with Gasteiger partial charge in [0.05, 0.1) is 5.56 Å². The number of pyridine rings is 1. The first-order valence-corrected chi connectivity index (χ1v) is 8.16. The van der Waals surface area contributed by atoms with E-state index in [4.69, 9.17) is 11.6 Å². The SMILES string of the molecule is Cl.Fc1ccc(CNC2CCN(c3ccc(C(F)(F)F)cn3)C2)c(Cl)c1. The maximum Gasteiger partial charge on any atom is 0.417 e. The van der Waals surface area contributed by atoms with Crippen LogP contribution < -0.4 is 10.2 Å². The molecule has 26 heavy (non-hydrogen) atoms. The number of hydrogen-bond acceptors (Lipinski definition) is 3. The first-order chi connectivity index (χ1) is 11.8. The lowest BCUT2D eigenvalue weighted by Crippen LogP contribution is -2.32. The second-order valence-corrected chi connectivity index (χ2v) is 6.36. The summed E-state index contributed by atoms with van der Waals surface area (Å²) in [4.78, 5) is 5.85. The monoisotopic (exact) mass is 409 g/mol. The summed E-state index contributed by atoms with van der Waals surface area (Å²) in [6.07, 6.45) is -2.69. The summed E-state index contributed by atoms with van der Waals surface area (Å²) >= 11 is 6.00. The van der Waals surface area contributed by atoms with Crippen LogP contribution in [-0.2, 0) is 12.7 Å². The molecular formula is C17H17Cl2F4N3. The minimum absolute atomic E-state index is 0. The summed E-state index contributed by atoms with van der Waals surface area (Å²) in [7, 11) is 0. The van der Waals surface area contributed by atoms with Crippen molar-refractivity contribution in [2.45, 2.75) is 25.2 Å². The predicted molar refractivity (Wildman–Crippen MR) is 95.4 cm³/mol. The molecule has 1 N–H and O–H groups in total. The Balaban J connectivity index is 0.00000243. The van der Waals surface area contributed by atoms with E-state index >= 15 is 0 Å².